The number of benzene rings is 1. The molecule has 0 aliphatic heterocycles. The maximum absolute atomic E-state index is 10.6. The first kappa shape index (κ1) is 20.1. The highest BCUT2D eigenvalue weighted by atomic mass is 35.5. The highest BCUT2D eigenvalue weighted by molar-refractivity contribution is 6.31. The molecule has 0 amide bonds. The SMILES string of the molecule is CCCCCN(CCCCC)C[C@H](O)c1cnc2cc(Cl)ccc2n1. The van der Waals surface area contributed by atoms with Crippen LogP contribution in [0.5, 0.6) is 0 Å². The predicted octanol–water partition coefficient (Wildman–Crippen LogP) is 5.00. The van der Waals surface area contributed by atoms with Gasteiger partial charge in [0.25, 0.3) is 0 Å². The summed E-state index contributed by atoms with van der Waals surface area (Å²) < 4.78 is 0. The quantitative estimate of drug-likeness (QED) is 0.571. The van der Waals surface area contributed by atoms with Gasteiger partial charge in [-0.2, -0.15) is 0 Å². The number of aliphatic hydroxyl groups is 1. The number of hydrogen-bond donors (Lipinski definition) is 1. The van der Waals surface area contributed by atoms with E-state index in [2.05, 4.69) is 28.7 Å². The van der Waals surface area contributed by atoms with Gasteiger partial charge in [-0.15, -0.1) is 0 Å². The molecule has 0 fully saturated rings. The van der Waals surface area contributed by atoms with Crippen molar-refractivity contribution in [2.75, 3.05) is 19.6 Å². The Balaban J connectivity index is 2.02. The van der Waals surface area contributed by atoms with Crippen molar-refractivity contribution < 1.29 is 5.11 Å². The van der Waals surface area contributed by atoms with Gasteiger partial charge in [-0.25, -0.2) is 4.98 Å². The van der Waals surface area contributed by atoms with Crippen molar-refractivity contribution in [3.05, 3.63) is 35.1 Å². The Morgan fingerprint density at radius 1 is 1.04 bits per heavy atom. The molecule has 4 nitrogen and oxygen atoms in total. The fourth-order valence-electron chi connectivity index (χ4n) is 2.96. The van der Waals surface area contributed by atoms with Crippen LogP contribution in [0.15, 0.2) is 24.4 Å². The first-order valence-electron chi connectivity index (χ1n) is 9.46. The molecule has 25 heavy (non-hydrogen) atoms. The van der Waals surface area contributed by atoms with E-state index in [9.17, 15) is 5.11 Å². The maximum atomic E-state index is 10.6. The van der Waals surface area contributed by atoms with Crippen LogP contribution in [0.1, 0.15) is 64.2 Å². The second-order valence-corrected chi connectivity index (χ2v) is 7.09. The van der Waals surface area contributed by atoms with E-state index in [-0.39, 0.29) is 0 Å². The lowest BCUT2D eigenvalue weighted by molar-refractivity contribution is 0.107. The Hall–Kier alpha value is -1.23. The van der Waals surface area contributed by atoms with E-state index < -0.39 is 6.10 Å². The number of rotatable bonds is 11. The molecule has 0 saturated carbocycles. The molecular formula is C20H30ClN3O. The summed E-state index contributed by atoms with van der Waals surface area (Å²) in [5.74, 6) is 0. The highest BCUT2D eigenvalue weighted by Gasteiger charge is 2.15. The van der Waals surface area contributed by atoms with Crippen LogP contribution in [0.25, 0.3) is 11.0 Å². The molecule has 1 aromatic heterocycles. The van der Waals surface area contributed by atoms with Crippen LogP contribution in [-0.4, -0.2) is 39.6 Å². The highest BCUT2D eigenvalue weighted by Crippen LogP contribution is 2.19. The Bertz CT molecular complexity index is 640. The predicted molar refractivity (Wildman–Crippen MR) is 105 cm³/mol. The lowest BCUT2D eigenvalue weighted by Gasteiger charge is -2.25. The standard InChI is InChI=1S/C20H30ClN3O/c1-3-5-7-11-24(12-8-6-4-2)15-20(25)19-14-22-18-13-16(21)9-10-17(18)23-19/h9-10,13-14,20,25H,3-8,11-12,15H2,1-2H3/t20-/m0/s1. The second kappa shape index (κ2) is 10.7. The molecular weight excluding hydrogens is 334 g/mol. The number of aromatic nitrogens is 2. The van der Waals surface area contributed by atoms with Gasteiger partial charge >= 0.3 is 0 Å². The third-order valence-corrected chi connectivity index (χ3v) is 4.69. The van der Waals surface area contributed by atoms with Crippen LogP contribution >= 0.6 is 11.6 Å². The first-order chi connectivity index (χ1) is 12.1. The molecule has 5 heteroatoms. The number of halogens is 1. The molecule has 2 rings (SSSR count). The largest absolute Gasteiger partial charge is 0.385 e. The van der Waals surface area contributed by atoms with E-state index in [1.807, 2.05) is 6.07 Å². The summed E-state index contributed by atoms with van der Waals surface area (Å²) >= 11 is 5.99. The van der Waals surface area contributed by atoms with Gasteiger partial charge in [-0.05, 0) is 44.1 Å². The minimum Gasteiger partial charge on any atom is -0.385 e. The summed E-state index contributed by atoms with van der Waals surface area (Å²) in [6.45, 7) is 7.11. The van der Waals surface area contributed by atoms with Crippen molar-refractivity contribution in [3.8, 4) is 0 Å². The van der Waals surface area contributed by atoms with Gasteiger partial charge in [-0.1, -0.05) is 51.1 Å². The average Bonchev–Trinajstić information content (AvgIpc) is 2.61. The topological polar surface area (TPSA) is 49.2 Å². The van der Waals surface area contributed by atoms with Gasteiger partial charge < -0.3 is 10.0 Å². The van der Waals surface area contributed by atoms with Crippen molar-refractivity contribution in [2.45, 2.75) is 58.5 Å². The number of fused-ring (bicyclic) bond motifs is 1. The van der Waals surface area contributed by atoms with Crippen molar-refractivity contribution in [1.82, 2.24) is 14.9 Å². The fourth-order valence-corrected chi connectivity index (χ4v) is 3.13. The number of nitrogens with zero attached hydrogens (tertiary/aromatic N) is 3. The number of aliphatic hydroxyl groups excluding tert-OH is 1. The summed E-state index contributed by atoms with van der Waals surface area (Å²) in [5, 5.41) is 11.3. The monoisotopic (exact) mass is 363 g/mol. The molecule has 1 aromatic carbocycles. The van der Waals surface area contributed by atoms with E-state index in [0.29, 0.717) is 17.3 Å². The van der Waals surface area contributed by atoms with Crippen molar-refractivity contribution in [2.24, 2.45) is 0 Å². The molecule has 0 unspecified atom stereocenters. The first-order valence-corrected chi connectivity index (χ1v) is 9.84. The number of hydrogen-bond acceptors (Lipinski definition) is 4. The molecule has 0 aliphatic rings. The zero-order valence-electron chi connectivity index (χ0n) is 15.4. The Labute approximate surface area is 156 Å². The minimum atomic E-state index is -0.615. The molecule has 0 aliphatic carbocycles. The summed E-state index contributed by atoms with van der Waals surface area (Å²) in [4.78, 5) is 11.3. The van der Waals surface area contributed by atoms with Gasteiger partial charge in [0.05, 0.1) is 22.9 Å². The van der Waals surface area contributed by atoms with Crippen molar-refractivity contribution in [1.29, 1.82) is 0 Å². The van der Waals surface area contributed by atoms with E-state index in [1.165, 1.54) is 38.5 Å². The van der Waals surface area contributed by atoms with E-state index in [1.54, 1.807) is 18.3 Å². The molecule has 1 atom stereocenters. The Morgan fingerprint density at radius 2 is 1.72 bits per heavy atom. The summed E-state index contributed by atoms with van der Waals surface area (Å²) in [7, 11) is 0. The summed E-state index contributed by atoms with van der Waals surface area (Å²) in [5.41, 5.74) is 2.15. The van der Waals surface area contributed by atoms with Gasteiger partial charge in [0, 0.05) is 11.6 Å². The van der Waals surface area contributed by atoms with Crippen LogP contribution < -0.4 is 0 Å². The third-order valence-electron chi connectivity index (χ3n) is 4.45. The van der Waals surface area contributed by atoms with E-state index in [0.717, 1.165) is 24.1 Å². The molecule has 0 radical (unpaired) electrons. The van der Waals surface area contributed by atoms with Crippen LogP contribution in [-0.2, 0) is 0 Å². The molecule has 138 valence electrons. The normalized spacial score (nSPS) is 12.8. The third kappa shape index (κ3) is 6.53. The molecule has 0 bridgehead atoms. The Kier molecular flexibility index (Phi) is 8.59. The summed E-state index contributed by atoms with van der Waals surface area (Å²) in [6, 6.07) is 5.44. The molecule has 1 heterocycles. The lowest BCUT2D eigenvalue weighted by atomic mass is 10.1. The Morgan fingerprint density at radius 3 is 2.36 bits per heavy atom. The van der Waals surface area contributed by atoms with E-state index in [4.69, 9.17) is 11.6 Å². The second-order valence-electron chi connectivity index (χ2n) is 6.66. The van der Waals surface area contributed by atoms with Gasteiger partial charge in [0.15, 0.2) is 0 Å². The number of unbranched alkanes of at least 4 members (excludes halogenated alkanes) is 4. The minimum absolute atomic E-state index is 0.612. The lowest BCUT2D eigenvalue weighted by Crippen LogP contribution is -2.31. The van der Waals surface area contributed by atoms with E-state index >= 15 is 0 Å². The fraction of sp³-hybridized carbons (Fsp3) is 0.600. The molecule has 1 N–H and O–H groups in total. The molecule has 0 saturated heterocycles. The van der Waals surface area contributed by atoms with Gasteiger partial charge in [0.1, 0.15) is 6.10 Å². The van der Waals surface area contributed by atoms with Crippen LogP contribution in [0.4, 0.5) is 0 Å². The van der Waals surface area contributed by atoms with Crippen LogP contribution in [0, 0.1) is 0 Å². The van der Waals surface area contributed by atoms with Crippen molar-refractivity contribution in [3.63, 3.8) is 0 Å². The smallest absolute Gasteiger partial charge is 0.110 e. The van der Waals surface area contributed by atoms with Gasteiger partial charge in [-0.3, -0.25) is 4.98 Å². The zero-order chi connectivity index (χ0) is 18.1. The van der Waals surface area contributed by atoms with Crippen LogP contribution in [0.2, 0.25) is 5.02 Å². The summed E-state index contributed by atoms with van der Waals surface area (Å²) in [6.07, 6.45) is 8.30. The molecule has 2 aromatic rings. The molecule has 0 spiro atoms. The van der Waals surface area contributed by atoms with Crippen LogP contribution in [0.3, 0.4) is 0 Å². The average molecular weight is 364 g/mol. The zero-order valence-corrected chi connectivity index (χ0v) is 16.2. The maximum Gasteiger partial charge on any atom is 0.110 e. The van der Waals surface area contributed by atoms with Crippen molar-refractivity contribution >= 4 is 22.6 Å². The van der Waals surface area contributed by atoms with Gasteiger partial charge in [0.2, 0.25) is 0 Å².